The van der Waals surface area contributed by atoms with Gasteiger partial charge in [0, 0.05) is 31.0 Å². The van der Waals surface area contributed by atoms with Crippen molar-refractivity contribution in [1.29, 1.82) is 0 Å². The monoisotopic (exact) mass is 897 g/mol. The van der Waals surface area contributed by atoms with Gasteiger partial charge in [-0.2, -0.15) is 11.3 Å². The van der Waals surface area contributed by atoms with Crippen LogP contribution in [0.5, 0.6) is 0 Å². The van der Waals surface area contributed by atoms with Crippen LogP contribution in [0.15, 0.2) is 122 Å². The van der Waals surface area contributed by atoms with Crippen LogP contribution in [0.1, 0.15) is 37.7 Å². The van der Waals surface area contributed by atoms with Crippen LogP contribution in [0.2, 0.25) is 17.3 Å². The Morgan fingerprint density at radius 1 is 0.714 bits per heavy atom. The maximum atomic E-state index is 4.76. The molecule has 1 aliphatic carbocycles. The van der Waals surface area contributed by atoms with E-state index in [0.29, 0.717) is 0 Å². The predicted molar refractivity (Wildman–Crippen MR) is 209 cm³/mol. The van der Waals surface area contributed by atoms with Crippen molar-refractivity contribution >= 4 is 49.2 Å². The molecule has 0 saturated heterocycles. The van der Waals surface area contributed by atoms with Crippen LogP contribution in [0.3, 0.4) is 0 Å². The summed E-state index contributed by atoms with van der Waals surface area (Å²) in [6.07, 6.45) is 12.1. The van der Waals surface area contributed by atoms with Gasteiger partial charge in [-0.25, -0.2) is 0 Å². The summed E-state index contributed by atoms with van der Waals surface area (Å²) in [5.74, 6) is 7.97. The Kier molecular flexibility index (Phi) is 11.6. The third-order valence-corrected chi connectivity index (χ3v) is 14.9. The van der Waals surface area contributed by atoms with Gasteiger partial charge in [-0.15, -0.1) is 23.8 Å². The van der Waals surface area contributed by atoms with Crippen LogP contribution in [-0.4, -0.2) is 23.2 Å². The minimum Gasteiger partial charge on any atom is -0.305 e. The van der Waals surface area contributed by atoms with E-state index in [2.05, 4.69) is 119 Å². The van der Waals surface area contributed by atoms with Crippen molar-refractivity contribution in [2.75, 3.05) is 0 Å². The summed E-state index contributed by atoms with van der Waals surface area (Å²) in [4.78, 5) is 9.29. The van der Waals surface area contributed by atoms with E-state index in [1.807, 2.05) is 48.0 Å². The molecule has 0 atom stereocenters. The largest absolute Gasteiger partial charge is 0.305 e. The molecule has 0 aliphatic heterocycles. The fourth-order valence-electron chi connectivity index (χ4n) is 6.75. The summed E-state index contributed by atoms with van der Waals surface area (Å²) >= 11 is 0.146. The molecule has 0 N–H and O–H groups in total. The van der Waals surface area contributed by atoms with Crippen molar-refractivity contribution in [2.45, 2.75) is 55.8 Å². The molecular formula is C44H42GeIrN2S-2. The molecule has 1 radical (unpaired) electrons. The Bertz CT molecular complexity index is 2110. The summed E-state index contributed by atoms with van der Waals surface area (Å²) in [5, 5.41) is 2.62. The fourth-order valence-corrected chi connectivity index (χ4v) is 10.2. The molecular weight excluding hydrogens is 853 g/mol. The molecule has 0 unspecified atom stereocenters. The molecule has 1 saturated carbocycles. The third kappa shape index (κ3) is 8.49. The molecule has 249 valence electrons. The van der Waals surface area contributed by atoms with Crippen LogP contribution < -0.4 is 4.40 Å². The van der Waals surface area contributed by atoms with E-state index in [9.17, 15) is 0 Å². The van der Waals surface area contributed by atoms with E-state index < -0.39 is 13.3 Å². The minimum absolute atomic E-state index is 0. The molecule has 2 nitrogen and oxygen atoms in total. The van der Waals surface area contributed by atoms with Crippen LogP contribution in [0, 0.1) is 18.1 Å². The SMILES string of the molecule is [CH3][Ge]([CH3])([CH3])[c]1ccc(-c2[c-]cccc2)nc1.[Ir].[c-]1ccc2c(sc3cc(-c4ccccc4)ccc32)c1-c1cc(CC2CCCCC2)ccn1. The second-order valence-electron chi connectivity index (χ2n) is 14.0. The zero-order valence-electron chi connectivity index (χ0n) is 28.5. The number of rotatable bonds is 6. The van der Waals surface area contributed by atoms with Crippen molar-refractivity contribution in [3.8, 4) is 33.6 Å². The quantitative estimate of drug-likeness (QED) is 0.123. The van der Waals surface area contributed by atoms with Gasteiger partial charge in [-0.1, -0.05) is 91.6 Å². The molecule has 3 heterocycles. The first-order chi connectivity index (χ1) is 23.4. The van der Waals surface area contributed by atoms with Gasteiger partial charge in [0.2, 0.25) is 0 Å². The first-order valence-corrected chi connectivity index (χ1v) is 25.4. The fraction of sp³-hybridized carbons (Fsp3) is 0.227. The molecule has 49 heavy (non-hydrogen) atoms. The van der Waals surface area contributed by atoms with E-state index in [0.717, 1.165) is 28.4 Å². The van der Waals surface area contributed by atoms with Crippen molar-refractivity contribution in [1.82, 2.24) is 9.97 Å². The average Bonchev–Trinajstić information content (AvgIpc) is 3.51. The number of fused-ring (bicyclic) bond motifs is 3. The zero-order chi connectivity index (χ0) is 32.9. The molecule has 4 aromatic carbocycles. The molecule has 0 spiro atoms. The van der Waals surface area contributed by atoms with Gasteiger partial charge in [0.15, 0.2) is 0 Å². The Morgan fingerprint density at radius 3 is 2.27 bits per heavy atom. The number of hydrogen-bond acceptors (Lipinski definition) is 3. The number of hydrogen-bond donors (Lipinski definition) is 0. The Morgan fingerprint density at radius 2 is 1.53 bits per heavy atom. The first kappa shape index (κ1) is 35.4. The molecule has 3 aromatic heterocycles. The van der Waals surface area contributed by atoms with E-state index in [-0.39, 0.29) is 20.1 Å². The Labute approximate surface area is 311 Å². The summed E-state index contributed by atoms with van der Waals surface area (Å²) in [6.45, 7) is 0. The van der Waals surface area contributed by atoms with E-state index in [1.165, 1.54) is 79.8 Å². The molecule has 7 aromatic rings. The van der Waals surface area contributed by atoms with Crippen LogP contribution in [0.4, 0.5) is 0 Å². The number of pyridine rings is 2. The Hall–Kier alpha value is -3.41. The minimum atomic E-state index is -1.72. The molecule has 8 rings (SSSR count). The number of benzene rings is 4. The van der Waals surface area contributed by atoms with Crippen molar-refractivity contribution in [3.63, 3.8) is 0 Å². The summed E-state index contributed by atoms with van der Waals surface area (Å²) < 4.78 is 4.05. The average molecular weight is 896 g/mol. The summed E-state index contributed by atoms with van der Waals surface area (Å²) in [5.41, 5.74) is 8.21. The maximum absolute atomic E-state index is 4.76. The summed E-state index contributed by atoms with van der Waals surface area (Å²) in [7, 11) is 0. The first-order valence-electron chi connectivity index (χ1n) is 17.2. The normalized spacial score (nSPS) is 13.4. The second kappa shape index (κ2) is 16.1. The number of aromatic nitrogens is 2. The van der Waals surface area contributed by atoms with Crippen molar-refractivity contribution < 1.29 is 20.1 Å². The second-order valence-corrected chi connectivity index (χ2v) is 25.7. The third-order valence-electron chi connectivity index (χ3n) is 9.48. The number of thiophene rings is 1. The van der Waals surface area contributed by atoms with Gasteiger partial charge in [-0.3, -0.25) is 0 Å². The Balaban J connectivity index is 0.000000208. The number of nitrogens with zero attached hydrogens (tertiary/aromatic N) is 2. The standard InChI is InChI=1S/C30H26NS.C14H16GeN.Ir/c1-3-8-21(9-4-1)18-22-16-17-31-28(19-22)27-13-7-12-26-25-15-14-24(20-29(25)32-30(26)27)23-10-5-2-6-11-23;1-15(2,3)13-9-10-14(16-11-13)12-7-5-4-6-8-12;/h2,5-7,10-12,14-17,19-21H,1,3-4,8-9,18H2;4-7,9-11H,1-3H3;/q2*-1;. The molecule has 0 bridgehead atoms. The predicted octanol–water partition coefficient (Wildman–Crippen LogP) is 11.8. The van der Waals surface area contributed by atoms with Crippen LogP contribution in [-0.2, 0) is 26.5 Å². The topological polar surface area (TPSA) is 25.8 Å². The van der Waals surface area contributed by atoms with E-state index in [1.54, 1.807) is 0 Å². The van der Waals surface area contributed by atoms with Gasteiger partial charge in [0.1, 0.15) is 0 Å². The molecule has 1 aliphatic rings. The van der Waals surface area contributed by atoms with Gasteiger partial charge >= 0.3 is 99.8 Å². The van der Waals surface area contributed by atoms with Crippen LogP contribution >= 0.6 is 11.3 Å². The van der Waals surface area contributed by atoms with Crippen molar-refractivity contribution in [2.24, 2.45) is 5.92 Å². The van der Waals surface area contributed by atoms with Gasteiger partial charge in [0.05, 0.1) is 0 Å². The maximum Gasteiger partial charge on any atom is 0.0245 e. The van der Waals surface area contributed by atoms with Crippen LogP contribution in [0.25, 0.3) is 53.8 Å². The smallest absolute Gasteiger partial charge is 0.0245 e. The van der Waals surface area contributed by atoms with E-state index >= 15 is 0 Å². The van der Waals surface area contributed by atoms with E-state index in [4.69, 9.17) is 4.98 Å². The van der Waals surface area contributed by atoms with Crippen molar-refractivity contribution in [3.05, 3.63) is 139 Å². The van der Waals surface area contributed by atoms with Gasteiger partial charge in [0.25, 0.3) is 0 Å². The molecule has 5 heteroatoms. The van der Waals surface area contributed by atoms with Gasteiger partial charge in [-0.05, 0) is 51.4 Å². The molecule has 1 fully saturated rings. The zero-order valence-corrected chi connectivity index (χ0v) is 33.8. The van der Waals surface area contributed by atoms with Gasteiger partial charge < -0.3 is 4.98 Å². The molecule has 0 amide bonds. The summed E-state index contributed by atoms with van der Waals surface area (Å²) in [6, 6.07) is 45.2.